The standard InChI is InChI=1S/C20H26O4/c1-12-14(6-5-13-8-10-24-11-13)20(4)9-7-15(21)19(2,3)18(20)17(23)16(12)22/h8,10-11,17-18,23H,5-7,9H2,1-4H3. The van der Waals surface area contributed by atoms with Crippen molar-refractivity contribution in [1.82, 2.24) is 0 Å². The molecule has 1 heterocycles. The molecule has 1 saturated carbocycles. The van der Waals surface area contributed by atoms with Crippen LogP contribution in [0.2, 0.25) is 0 Å². The van der Waals surface area contributed by atoms with Crippen LogP contribution in [0.25, 0.3) is 0 Å². The van der Waals surface area contributed by atoms with Gasteiger partial charge >= 0.3 is 0 Å². The van der Waals surface area contributed by atoms with Crippen LogP contribution < -0.4 is 0 Å². The number of hydrogen-bond donors (Lipinski definition) is 1. The molecule has 130 valence electrons. The van der Waals surface area contributed by atoms with Gasteiger partial charge in [0.15, 0.2) is 5.78 Å². The Kier molecular flexibility index (Phi) is 4.07. The highest BCUT2D eigenvalue weighted by Crippen LogP contribution is 2.58. The van der Waals surface area contributed by atoms with Crippen molar-refractivity contribution in [1.29, 1.82) is 0 Å². The Bertz CT molecular complexity index is 695. The zero-order chi connectivity index (χ0) is 17.7. The van der Waals surface area contributed by atoms with Crippen molar-refractivity contribution in [2.24, 2.45) is 16.7 Å². The van der Waals surface area contributed by atoms with Crippen molar-refractivity contribution in [2.45, 2.75) is 59.5 Å². The maximum atomic E-state index is 12.7. The minimum Gasteiger partial charge on any atom is -0.472 e. The quantitative estimate of drug-likeness (QED) is 0.921. The van der Waals surface area contributed by atoms with Gasteiger partial charge in [-0.2, -0.15) is 0 Å². The number of aryl methyl sites for hydroxylation is 1. The van der Waals surface area contributed by atoms with Gasteiger partial charge < -0.3 is 9.52 Å². The predicted octanol–water partition coefficient (Wildman–Crippen LogP) is 3.48. The van der Waals surface area contributed by atoms with Gasteiger partial charge in [0.2, 0.25) is 0 Å². The number of hydrogen-bond acceptors (Lipinski definition) is 4. The Morgan fingerprint density at radius 1 is 1.25 bits per heavy atom. The molecule has 3 atom stereocenters. The average Bonchev–Trinajstić information content (AvgIpc) is 3.02. The molecule has 0 saturated heterocycles. The number of fused-ring (bicyclic) bond motifs is 1. The SMILES string of the molecule is CC1=C(CCc2ccoc2)C2(C)CCC(=O)C(C)(C)C2C(O)C1=O. The van der Waals surface area contributed by atoms with Gasteiger partial charge in [0.05, 0.1) is 12.5 Å². The summed E-state index contributed by atoms with van der Waals surface area (Å²) in [5, 5.41) is 10.7. The van der Waals surface area contributed by atoms with Crippen LogP contribution in [0, 0.1) is 16.7 Å². The van der Waals surface area contributed by atoms with Crippen LogP contribution >= 0.6 is 0 Å². The van der Waals surface area contributed by atoms with E-state index >= 15 is 0 Å². The lowest BCUT2D eigenvalue weighted by Crippen LogP contribution is -2.58. The molecule has 3 rings (SSSR count). The molecule has 2 aliphatic rings. The molecule has 4 nitrogen and oxygen atoms in total. The summed E-state index contributed by atoms with van der Waals surface area (Å²) in [5.41, 5.74) is 1.86. The van der Waals surface area contributed by atoms with Crippen LogP contribution in [0.3, 0.4) is 0 Å². The minimum absolute atomic E-state index is 0.144. The highest BCUT2D eigenvalue weighted by Gasteiger charge is 2.59. The molecule has 2 aliphatic carbocycles. The zero-order valence-corrected chi connectivity index (χ0v) is 14.9. The highest BCUT2D eigenvalue weighted by molar-refractivity contribution is 6.01. The van der Waals surface area contributed by atoms with Crippen molar-refractivity contribution in [2.75, 3.05) is 0 Å². The van der Waals surface area contributed by atoms with E-state index in [4.69, 9.17) is 4.42 Å². The van der Waals surface area contributed by atoms with Crippen molar-refractivity contribution in [3.05, 3.63) is 35.3 Å². The number of aliphatic hydroxyl groups is 1. The second-order valence-electron chi connectivity index (χ2n) is 8.08. The summed E-state index contributed by atoms with van der Waals surface area (Å²) in [7, 11) is 0. The van der Waals surface area contributed by atoms with E-state index in [9.17, 15) is 14.7 Å². The first-order chi connectivity index (χ1) is 11.2. The largest absolute Gasteiger partial charge is 0.472 e. The molecule has 0 aromatic carbocycles. The summed E-state index contributed by atoms with van der Waals surface area (Å²) in [5.74, 6) is -0.435. The molecule has 0 bridgehead atoms. The number of aliphatic hydroxyl groups excluding tert-OH is 1. The average molecular weight is 330 g/mol. The summed E-state index contributed by atoms with van der Waals surface area (Å²) in [6, 6.07) is 1.93. The second kappa shape index (κ2) is 5.69. The van der Waals surface area contributed by atoms with E-state index in [-0.39, 0.29) is 22.9 Å². The zero-order valence-electron chi connectivity index (χ0n) is 14.9. The highest BCUT2D eigenvalue weighted by atomic mass is 16.3. The minimum atomic E-state index is -1.09. The van der Waals surface area contributed by atoms with Crippen LogP contribution in [0.1, 0.15) is 52.5 Å². The lowest BCUT2D eigenvalue weighted by Gasteiger charge is -2.55. The third-order valence-electron chi connectivity index (χ3n) is 6.39. The molecule has 4 heteroatoms. The number of carbonyl (C=O) groups is 2. The lowest BCUT2D eigenvalue weighted by molar-refractivity contribution is -0.153. The lowest BCUT2D eigenvalue weighted by atomic mass is 9.48. The fourth-order valence-electron chi connectivity index (χ4n) is 5.03. The van der Waals surface area contributed by atoms with E-state index in [2.05, 4.69) is 6.92 Å². The van der Waals surface area contributed by atoms with Crippen molar-refractivity contribution < 1.29 is 19.1 Å². The summed E-state index contributed by atoms with van der Waals surface area (Å²) >= 11 is 0. The molecule has 3 unspecified atom stereocenters. The molecule has 1 aromatic heterocycles. The van der Waals surface area contributed by atoms with Crippen LogP contribution in [0.4, 0.5) is 0 Å². The first-order valence-electron chi connectivity index (χ1n) is 8.66. The monoisotopic (exact) mass is 330 g/mol. The number of allylic oxidation sites excluding steroid dienone is 1. The Hall–Kier alpha value is -1.68. The van der Waals surface area contributed by atoms with Crippen LogP contribution in [-0.4, -0.2) is 22.8 Å². The maximum Gasteiger partial charge on any atom is 0.187 e. The van der Waals surface area contributed by atoms with Crippen molar-refractivity contribution in [3.8, 4) is 0 Å². The number of furan rings is 1. The van der Waals surface area contributed by atoms with Crippen molar-refractivity contribution in [3.63, 3.8) is 0 Å². The van der Waals surface area contributed by atoms with Gasteiger partial charge in [-0.1, -0.05) is 26.3 Å². The molecule has 1 aromatic rings. The first-order valence-corrected chi connectivity index (χ1v) is 8.66. The summed E-state index contributed by atoms with van der Waals surface area (Å²) in [6.45, 7) is 7.70. The third kappa shape index (κ3) is 2.39. The second-order valence-corrected chi connectivity index (χ2v) is 8.08. The summed E-state index contributed by atoms with van der Waals surface area (Å²) < 4.78 is 5.13. The van der Waals surface area contributed by atoms with Crippen LogP contribution in [0.5, 0.6) is 0 Å². The first kappa shape index (κ1) is 17.2. The van der Waals surface area contributed by atoms with Gasteiger partial charge in [0.25, 0.3) is 0 Å². The molecular weight excluding hydrogens is 304 g/mol. The Labute approximate surface area is 142 Å². The topological polar surface area (TPSA) is 67.5 Å². The Morgan fingerprint density at radius 3 is 2.58 bits per heavy atom. The van der Waals surface area contributed by atoms with Gasteiger partial charge in [-0.15, -0.1) is 0 Å². The number of Topliss-reactive ketones (excluding diaryl/α,β-unsaturated/α-hetero) is 2. The van der Waals surface area contributed by atoms with Crippen LogP contribution in [-0.2, 0) is 16.0 Å². The number of ketones is 2. The molecule has 24 heavy (non-hydrogen) atoms. The Morgan fingerprint density at radius 2 is 1.96 bits per heavy atom. The number of carbonyl (C=O) groups excluding carboxylic acids is 2. The third-order valence-corrected chi connectivity index (χ3v) is 6.39. The normalized spacial score (nSPS) is 32.9. The van der Waals surface area contributed by atoms with E-state index in [1.807, 2.05) is 26.8 Å². The predicted molar refractivity (Wildman–Crippen MR) is 90.4 cm³/mol. The molecule has 0 amide bonds. The fourth-order valence-corrected chi connectivity index (χ4v) is 5.03. The van der Waals surface area contributed by atoms with Gasteiger partial charge in [-0.25, -0.2) is 0 Å². The van der Waals surface area contributed by atoms with E-state index < -0.39 is 11.5 Å². The Balaban J connectivity index is 2.02. The molecule has 0 aliphatic heterocycles. The maximum absolute atomic E-state index is 12.7. The molecule has 0 radical (unpaired) electrons. The van der Waals surface area contributed by atoms with Crippen LogP contribution in [0.15, 0.2) is 34.2 Å². The molecular formula is C20H26O4. The van der Waals surface area contributed by atoms with Gasteiger partial charge in [-0.05, 0) is 48.8 Å². The van der Waals surface area contributed by atoms with E-state index in [1.54, 1.807) is 12.5 Å². The van der Waals surface area contributed by atoms with E-state index in [0.717, 1.165) is 24.0 Å². The van der Waals surface area contributed by atoms with E-state index in [0.29, 0.717) is 18.4 Å². The molecule has 0 spiro atoms. The van der Waals surface area contributed by atoms with E-state index in [1.165, 1.54) is 0 Å². The summed E-state index contributed by atoms with van der Waals surface area (Å²) in [4.78, 5) is 25.1. The smallest absolute Gasteiger partial charge is 0.187 e. The summed E-state index contributed by atoms with van der Waals surface area (Å²) in [6.07, 6.45) is 5.03. The van der Waals surface area contributed by atoms with Crippen molar-refractivity contribution >= 4 is 11.6 Å². The molecule has 1 fully saturated rings. The van der Waals surface area contributed by atoms with Gasteiger partial charge in [0.1, 0.15) is 11.9 Å². The van der Waals surface area contributed by atoms with Gasteiger partial charge in [-0.3, -0.25) is 9.59 Å². The fraction of sp³-hybridized carbons (Fsp3) is 0.600. The number of rotatable bonds is 3. The molecule has 1 N–H and O–H groups in total. The van der Waals surface area contributed by atoms with Gasteiger partial charge in [0, 0.05) is 17.8 Å².